The largest absolute Gasteiger partial charge is 0.394 e. The number of aliphatic hydroxyl groups excluding tert-OH is 2. The van der Waals surface area contributed by atoms with Crippen molar-refractivity contribution in [3.63, 3.8) is 0 Å². The van der Waals surface area contributed by atoms with Gasteiger partial charge in [-0.3, -0.25) is 4.79 Å². The van der Waals surface area contributed by atoms with E-state index in [1.54, 1.807) is 0 Å². The van der Waals surface area contributed by atoms with Crippen LogP contribution >= 0.6 is 0 Å². The molecule has 0 aromatic carbocycles. The number of alkyl halides is 1. The van der Waals surface area contributed by atoms with E-state index < -0.39 is 31.2 Å². The standard InChI is InChI=1S/C11H12FN3O4/c12-7-8(17)6(3-16)19-11(7)15-2-1-5-9(15)13-4-14-10(5)18/h1-2,4,6-8,11,16-17H,3H2,(H,13,14,18)/t6-,7+,8?,11-/m1/s1. The molecule has 3 rings (SSSR count). The van der Waals surface area contributed by atoms with Crippen LogP contribution in [0.1, 0.15) is 6.23 Å². The highest BCUT2D eigenvalue weighted by Crippen LogP contribution is 2.33. The number of fused-ring (bicyclic) bond motifs is 1. The Hall–Kier alpha value is -1.77. The van der Waals surface area contributed by atoms with Gasteiger partial charge in [0.05, 0.1) is 18.3 Å². The van der Waals surface area contributed by atoms with Crippen molar-refractivity contribution in [1.82, 2.24) is 14.5 Å². The first-order valence-corrected chi connectivity index (χ1v) is 5.76. The number of aliphatic hydroxyl groups is 2. The molecule has 0 saturated carbocycles. The average molecular weight is 269 g/mol. The minimum Gasteiger partial charge on any atom is -0.394 e. The van der Waals surface area contributed by atoms with Gasteiger partial charge in [0.25, 0.3) is 5.56 Å². The molecule has 7 nitrogen and oxygen atoms in total. The normalized spacial score (nSPS) is 31.1. The maximum atomic E-state index is 14.0. The molecule has 1 aliphatic heterocycles. The molecule has 0 spiro atoms. The van der Waals surface area contributed by atoms with Crippen LogP contribution in [0.5, 0.6) is 0 Å². The SMILES string of the molecule is O=c1[nH]cnc2c1ccn2[C@@H]1O[C@H](CO)C(O)[C@@H]1F. The molecule has 0 aliphatic carbocycles. The van der Waals surface area contributed by atoms with Crippen LogP contribution in [0.4, 0.5) is 4.39 Å². The highest BCUT2D eigenvalue weighted by Gasteiger charge is 2.45. The molecule has 3 N–H and O–H groups in total. The molecule has 19 heavy (non-hydrogen) atoms. The molecule has 1 fully saturated rings. The van der Waals surface area contributed by atoms with Crippen molar-refractivity contribution in [1.29, 1.82) is 0 Å². The molecule has 2 aromatic rings. The Balaban J connectivity index is 2.06. The summed E-state index contributed by atoms with van der Waals surface area (Å²) in [6, 6.07) is 1.50. The molecule has 0 radical (unpaired) electrons. The molecule has 4 atom stereocenters. The summed E-state index contributed by atoms with van der Waals surface area (Å²) in [4.78, 5) is 17.9. The summed E-state index contributed by atoms with van der Waals surface area (Å²) in [5, 5.41) is 18.9. The summed E-state index contributed by atoms with van der Waals surface area (Å²) >= 11 is 0. The van der Waals surface area contributed by atoms with Crippen LogP contribution < -0.4 is 5.56 Å². The van der Waals surface area contributed by atoms with Crippen LogP contribution in [-0.2, 0) is 4.74 Å². The number of aromatic nitrogens is 3. The Morgan fingerprint density at radius 3 is 3.05 bits per heavy atom. The lowest BCUT2D eigenvalue weighted by molar-refractivity contribution is -0.0457. The van der Waals surface area contributed by atoms with E-state index in [-0.39, 0.29) is 11.2 Å². The summed E-state index contributed by atoms with van der Waals surface area (Å²) in [7, 11) is 0. The van der Waals surface area contributed by atoms with Crippen molar-refractivity contribution in [2.24, 2.45) is 0 Å². The molecule has 2 aromatic heterocycles. The maximum absolute atomic E-state index is 14.0. The third kappa shape index (κ3) is 1.76. The van der Waals surface area contributed by atoms with E-state index in [2.05, 4.69) is 9.97 Å². The van der Waals surface area contributed by atoms with Crippen molar-refractivity contribution in [3.05, 3.63) is 28.9 Å². The second-order valence-corrected chi connectivity index (χ2v) is 4.37. The van der Waals surface area contributed by atoms with E-state index >= 15 is 0 Å². The number of nitrogens with zero attached hydrogens (tertiary/aromatic N) is 2. The molecule has 1 saturated heterocycles. The van der Waals surface area contributed by atoms with Gasteiger partial charge in [-0.25, -0.2) is 9.37 Å². The second-order valence-electron chi connectivity index (χ2n) is 4.37. The van der Waals surface area contributed by atoms with Gasteiger partial charge < -0.3 is 24.5 Å². The van der Waals surface area contributed by atoms with Gasteiger partial charge in [0.1, 0.15) is 17.9 Å². The fraction of sp³-hybridized carbons (Fsp3) is 0.455. The first-order valence-electron chi connectivity index (χ1n) is 5.76. The fourth-order valence-corrected chi connectivity index (χ4v) is 2.27. The molecular formula is C11H12FN3O4. The Morgan fingerprint density at radius 2 is 2.37 bits per heavy atom. The summed E-state index contributed by atoms with van der Waals surface area (Å²) in [6.45, 7) is -0.481. The third-order valence-electron chi connectivity index (χ3n) is 3.26. The molecule has 1 aliphatic rings. The number of ether oxygens (including phenoxy) is 1. The van der Waals surface area contributed by atoms with Gasteiger partial charge in [-0.1, -0.05) is 0 Å². The van der Waals surface area contributed by atoms with Crippen LogP contribution in [0.15, 0.2) is 23.4 Å². The Labute approximate surface area is 106 Å². The minimum absolute atomic E-state index is 0.266. The lowest BCUT2D eigenvalue weighted by Crippen LogP contribution is -2.30. The number of rotatable bonds is 2. The number of H-pyrrole nitrogens is 1. The Morgan fingerprint density at radius 1 is 1.58 bits per heavy atom. The zero-order valence-electron chi connectivity index (χ0n) is 9.73. The van der Waals surface area contributed by atoms with E-state index in [9.17, 15) is 14.3 Å². The minimum atomic E-state index is -1.70. The molecular weight excluding hydrogens is 257 g/mol. The summed E-state index contributed by atoms with van der Waals surface area (Å²) in [5.41, 5.74) is -0.0707. The predicted molar refractivity (Wildman–Crippen MR) is 62.3 cm³/mol. The first-order chi connectivity index (χ1) is 9.13. The van der Waals surface area contributed by atoms with Crippen molar-refractivity contribution in [2.45, 2.75) is 24.6 Å². The zero-order valence-corrected chi connectivity index (χ0v) is 9.73. The van der Waals surface area contributed by atoms with Crippen molar-refractivity contribution >= 4 is 11.0 Å². The molecule has 3 heterocycles. The van der Waals surface area contributed by atoms with Crippen LogP contribution in [0, 0.1) is 0 Å². The van der Waals surface area contributed by atoms with Gasteiger partial charge in [-0.2, -0.15) is 0 Å². The monoisotopic (exact) mass is 269 g/mol. The topological polar surface area (TPSA) is 100 Å². The smallest absolute Gasteiger partial charge is 0.260 e. The number of aromatic amines is 1. The van der Waals surface area contributed by atoms with Crippen molar-refractivity contribution in [3.8, 4) is 0 Å². The van der Waals surface area contributed by atoms with Gasteiger partial charge in [-0.15, -0.1) is 0 Å². The maximum Gasteiger partial charge on any atom is 0.260 e. The third-order valence-corrected chi connectivity index (χ3v) is 3.26. The summed E-state index contributed by atoms with van der Waals surface area (Å²) in [5.74, 6) is 0. The number of hydrogen-bond acceptors (Lipinski definition) is 5. The lowest BCUT2D eigenvalue weighted by atomic mass is 10.1. The second kappa shape index (κ2) is 4.41. The summed E-state index contributed by atoms with van der Waals surface area (Å²) < 4.78 is 20.6. The fourth-order valence-electron chi connectivity index (χ4n) is 2.27. The van der Waals surface area contributed by atoms with E-state index in [4.69, 9.17) is 9.84 Å². The van der Waals surface area contributed by atoms with E-state index in [0.29, 0.717) is 5.39 Å². The van der Waals surface area contributed by atoms with E-state index in [1.807, 2.05) is 0 Å². The number of hydrogen-bond donors (Lipinski definition) is 3. The van der Waals surface area contributed by atoms with Crippen molar-refractivity contribution < 1.29 is 19.3 Å². The molecule has 0 amide bonds. The van der Waals surface area contributed by atoms with Gasteiger partial charge in [-0.05, 0) is 6.07 Å². The highest BCUT2D eigenvalue weighted by molar-refractivity contribution is 5.74. The molecule has 8 heteroatoms. The lowest BCUT2D eigenvalue weighted by Gasteiger charge is -2.15. The molecule has 0 bridgehead atoms. The summed E-state index contributed by atoms with van der Waals surface area (Å²) in [6.07, 6.45) is -2.53. The Kier molecular flexibility index (Phi) is 2.85. The number of halogens is 1. The van der Waals surface area contributed by atoms with Crippen LogP contribution in [0.2, 0.25) is 0 Å². The van der Waals surface area contributed by atoms with Gasteiger partial charge >= 0.3 is 0 Å². The van der Waals surface area contributed by atoms with Gasteiger partial charge in [0.2, 0.25) is 0 Å². The van der Waals surface area contributed by atoms with E-state index in [1.165, 1.54) is 23.2 Å². The highest BCUT2D eigenvalue weighted by atomic mass is 19.1. The van der Waals surface area contributed by atoms with E-state index in [0.717, 1.165) is 0 Å². The zero-order chi connectivity index (χ0) is 13.6. The predicted octanol–water partition coefficient (Wildman–Crippen LogP) is -0.687. The molecule has 1 unspecified atom stereocenters. The Bertz CT molecular complexity index is 655. The van der Waals surface area contributed by atoms with Crippen molar-refractivity contribution in [2.75, 3.05) is 6.61 Å². The first kappa shape index (κ1) is 12.3. The van der Waals surface area contributed by atoms with Crippen LogP contribution in [0.3, 0.4) is 0 Å². The van der Waals surface area contributed by atoms with Crippen LogP contribution in [-0.4, -0.2) is 49.7 Å². The quantitative estimate of drug-likeness (QED) is 0.670. The number of nitrogens with one attached hydrogen (secondary N) is 1. The van der Waals surface area contributed by atoms with Gasteiger partial charge in [0.15, 0.2) is 12.4 Å². The van der Waals surface area contributed by atoms with Gasteiger partial charge in [0, 0.05) is 6.20 Å². The average Bonchev–Trinajstić information content (AvgIpc) is 2.94. The van der Waals surface area contributed by atoms with Crippen LogP contribution in [0.25, 0.3) is 11.0 Å². The molecule has 102 valence electrons.